The molecule has 3 rings (SSSR count). The fraction of sp³-hybridized carbons (Fsp3) is 0.605. The number of hydrogen-bond acceptors (Lipinski definition) is 3. The second-order valence-electron chi connectivity index (χ2n) is 13.4. The molecule has 3 heteroatoms. The third-order valence-electron chi connectivity index (χ3n) is 9.74. The Morgan fingerprint density at radius 2 is 1.61 bits per heavy atom. The first kappa shape index (κ1) is 33.0. The number of ketones is 3. The topological polar surface area (TPSA) is 51.2 Å². The highest BCUT2D eigenvalue weighted by Crippen LogP contribution is 2.43. The van der Waals surface area contributed by atoms with Crippen LogP contribution < -0.4 is 0 Å². The van der Waals surface area contributed by atoms with Crippen LogP contribution in [0.2, 0.25) is 0 Å². The second-order valence-corrected chi connectivity index (χ2v) is 13.4. The van der Waals surface area contributed by atoms with Crippen molar-refractivity contribution in [1.82, 2.24) is 0 Å². The van der Waals surface area contributed by atoms with Crippen molar-refractivity contribution in [2.75, 3.05) is 0 Å². The van der Waals surface area contributed by atoms with Crippen LogP contribution in [0.15, 0.2) is 36.4 Å². The van der Waals surface area contributed by atoms with Crippen molar-refractivity contribution in [2.45, 2.75) is 119 Å². The average molecular weight is 559 g/mol. The van der Waals surface area contributed by atoms with Crippen LogP contribution in [-0.4, -0.2) is 17.3 Å². The Kier molecular flexibility index (Phi) is 12.1. The third kappa shape index (κ3) is 8.27. The Hall–Kier alpha value is -2.55. The van der Waals surface area contributed by atoms with E-state index in [0.717, 1.165) is 50.5 Å². The SMILES string of the molecule is CCC(C(=O)CC(C)=O)C(CC1CC(=O)c2c(C)c(CCCc3ccccc3)cc(C(C)C)c2C1)C(CC)C(C)C. The van der Waals surface area contributed by atoms with Crippen molar-refractivity contribution in [2.24, 2.45) is 29.6 Å². The van der Waals surface area contributed by atoms with Gasteiger partial charge < -0.3 is 0 Å². The van der Waals surface area contributed by atoms with Gasteiger partial charge in [0, 0.05) is 17.9 Å². The molecule has 2 aromatic carbocycles. The van der Waals surface area contributed by atoms with Crippen LogP contribution in [0.25, 0.3) is 0 Å². The van der Waals surface area contributed by atoms with Gasteiger partial charge in [0.15, 0.2) is 5.78 Å². The average Bonchev–Trinajstić information content (AvgIpc) is 2.90. The van der Waals surface area contributed by atoms with Crippen LogP contribution in [0, 0.1) is 36.5 Å². The molecule has 0 amide bonds. The molecule has 0 heterocycles. The minimum absolute atomic E-state index is 0.0275. The highest BCUT2D eigenvalue weighted by Gasteiger charge is 2.38. The van der Waals surface area contributed by atoms with Gasteiger partial charge in [-0.2, -0.15) is 0 Å². The van der Waals surface area contributed by atoms with Crippen LogP contribution in [0.1, 0.15) is 131 Å². The maximum Gasteiger partial charge on any atom is 0.163 e. The van der Waals surface area contributed by atoms with Gasteiger partial charge >= 0.3 is 0 Å². The minimum Gasteiger partial charge on any atom is -0.300 e. The number of fused-ring (bicyclic) bond motifs is 1. The zero-order chi connectivity index (χ0) is 30.3. The van der Waals surface area contributed by atoms with Crippen LogP contribution in [-0.2, 0) is 28.9 Å². The summed E-state index contributed by atoms with van der Waals surface area (Å²) < 4.78 is 0. The maximum atomic E-state index is 13.9. The lowest BCUT2D eigenvalue weighted by atomic mass is 9.65. The molecule has 0 saturated heterocycles. The van der Waals surface area contributed by atoms with Gasteiger partial charge in [-0.1, -0.05) is 84.4 Å². The van der Waals surface area contributed by atoms with Crippen molar-refractivity contribution >= 4 is 17.3 Å². The van der Waals surface area contributed by atoms with E-state index in [1.165, 1.54) is 34.7 Å². The van der Waals surface area contributed by atoms with Crippen molar-refractivity contribution in [3.05, 3.63) is 69.8 Å². The first-order chi connectivity index (χ1) is 19.5. The molecule has 224 valence electrons. The fourth-order valence-electron chi connectivity index (χ4n) is 7.74. The molecule has 4 unspecified atom stereocenters. The Morgan fingerprint density at radius 3 is 2.17 bits per heavy atom. The summed E-state index contributed by atoms with van der Waals surface area (Å²) in [5.41, 5.74) is 7.42. The molecule has 1 aliphatic rings. The number of benzene rings is 2. The van der Waals surface area contributed by atoms with E-state index in [4.69, 9.17) is 0 Å². The fourth-order valence-corrected chi connectivity index (χ4v) is 7.74. The highest BCUT2D eigenvalue weighted by molar-refractivity contribution is 6.01. The molecule has 0 radical (unpaired) electrons. The summed E-state index contributed by atoms with van der Waals surface area (Å²) in [6.45, 7) is 17.0. The molecule has 0 saturated carbocycles. The van der Waals surface area contributed by atoms with E-state index in [2.05, 4.69) is 84.9 Å². The summed E-state index contributed by atoms with van der Waals surface area (Å²) >= 11 is 0. The van der Waals surface area contributed by atoms with Gasteiger partial charge in [-0.3, -0.25) is 14.4 Å². The van der Waals surface area contributed by atoms with Gasteiger partial charge in [-0.05, 0) is 110 Å². The van der Waals surface area contributed by atoms with Crippen LogP contribution in [0.5, 0.6) is 0 Å². The maximum absolute atomic E-state index is 13.9. The molecule has 0 bridgehead atoms. The molecular weight excluding hydrogens is 504 g/mol. The standard InChI is InChI=1S/C38H54O3/c1-9-31(24(3)4)34(32(10-2)36(40)19-26(7)39)20-29-21-35-33(25(5)6)23-30(27(8)38(35)37(41)22-29)18-14-17-28-15-12-11-13-16-28/h11-13,15-16,23-25,29,31-32,34H,9-10,14,17-22H2,1-8H3. The first-order valence-electron chi connectivity index (χ1n) is 16.2. The number of Topliss-reactive ketones (excluding diaryl/α,β-unsaturated/α-hetero) is 3. The molecule has 3 nitrogen and oxygen atoms in total. The van der Waals surface area contributed by atoms with E-state index in [9.17, 15) is 14.4 Å². The lowest BCUT2D eigenvalue weighted by molar-refractivity contribution is -0.130. The molecule has 41 heavy (non-hydrogen) atoms. The number of aryl methyl sites for hydroxylation is 2. The van der Waals surface area contributed by atoms with Crippen LogP contribution in [0.3, 0.4) is 0 Å². The monoisotopic (exact) mass is 558 g/mol. The summed E-state index contributed by atoms with van der Waals surface area (Å²) in [6, 6.07) is 13.0. The zero-order valence-corrected chi connectivity index (χ0v) is 27.0. The number of rotatable bonds is 15. The lowest BCUT2D eigenvalue weighted by Crippen LogP contribution is -2.35. The Morgan fingerprint density at radius 1 is 0.927 bits per heavy atom. The third-order valence-corrected chi connectivity index (χ3v) is 9.74. The zero-order valence-electron chi connectivity index (χ0n) is 27.0. The van der Waals surface area contributed by atoms with E-state index >= 15 is 0 Å². The Labute approximate surface area is 249 Å². The molecule has 2 aromatic rings. The molecule has 0 aliphatic heterocycles. The minimum atomic E-state index is -0.124. The summed E-state index contributed by atoms with van der Waals surface area (Å²) in [7, 11) is 0. The summed E-state index contributed by atoms with van der Waals surface area (Å²) in [5, 5.41) is 0. The number of carbonyl (C=O) groups is 3. The van der Waals surface area contributed by atoms with Crippen LogP contribution >= 0.6 is 0 Å². The smallest absolute Gasteiger partial charge is 0.163 e. The highest BCUT2D eigenvalue weighted by atomic mass is 16.1. The van der Waals surface area contributed by atoms with Gasteiger partial charge in [0.1, 0.15) is 11.6 Å². The van der Waals surface area contributed by atoms with Gasteiger partial charge in [-0.25, -0.2) is 0 Å². The molecule has 1 aliphatic carbocycles. The number of carbonyl (C=O) groups excluding carboxylic acids is 3. The van der Waals surface area contributed by atoms with E-state index < -0.39 is 0 Å². The predicted octanol–water partition coefficient (Wildman–Crippen LogP) is 9.30. The molecule has 0 spiro atoms. The molecule has 0 aromatic heterocycles. The van der Waals surface area contributed by atoms with Crippen molar-refractivity contribution in [1.29, 1.82) is 0 Å². The molecule has 4 atom stereocenters. The summed E-state index contributed by atoms with van der Waals surface area (Å²) in [4.78, 5) is 39.1. The Bertz CT molecular complexity index is 1190. The van der Waals surface area contributed by atoms with E-state index in [1.54, 1.807) is 0 Å². The van der Waals surface area contributed by atoms with Gasteiger partial charge in [-0.15, -0.1) is 0 Å². The molecule has 0 N–H and O–H groups in total. The molecular formula is C38H54O3. The van der Waals surface area contributed by atoms with Gasteiger partial charge in [0.25, 0.3) is 0 Å². The summed E-state index contributed by atoms with van der Waals surface area (Å²) in [5.74, 6) is 1.80. The van der Waals surface area contributed by atoms with Crippen molar-refractivity contribution in [3.8, 4) is 0 Å². The normalized spacial score (nSPS) is 17.4. The van der Waals surface area contributed by atoms with E-state index in [0.29, 0.717) is 24.2 Å². The summed E-state index contributed by atoms with van der Waals surface area (Å²) in [6.07, 6.45) is 7.21. The van der Waals surface area contributed by atoms with Gasteiger partial charge in [0.2, 0.25) is 0 Å². The van der Waals surface area contributed by atoms with Crippen molar-refractivity contribution < 1.29 is 14.4 Å². The lowest BCUT2D eigenvalue weighted by Gasteiger charge is -2.38. The number of hydrogen-bond donors (Lipinski definition) is 0. The predicted molar refractivity (Wildman–Crippen MR) is 171 cm³/mol. The molecule has 0 fully saturated rings. The quantitative estimate of drug-likeness (QED) is 0.205. The van der Waals surface area contributed by atoms with E-state index in [-0.39, 0.29) is 41.5 Å². The second kappa shape index (κ2) is 15.1. The van der Waals surface area contributed by atoms with E-state index in [1.807, 2.05) is 0 Å². The Balaban J connectivity index is 1.91. The largest absolute Gasteiger partial charge is 0.300 e. The van der Waals surface area contributed by atoms with Gasteiger partial charge in [0.05, 0.1) is 6.42 Å². The van der Waals surface area contributed by atoms with Crippen molar-refractivity contribution in [3.63, 3.8) is 0 Å². The first-order valence-corrected chi connectivity index (χ1v) is 16.2. The van der Waals surface area contributed by atoms with Crippen LogP contribution in [0.4, 0.5) is 0 Å².